The molecule has 1 aromatic carbocycles. The Morgan fingerprint density at radius 3 is 2.89 bits per heavy atom. The van der Waals surface area contributed by atoms with Crippen LogP contribution in [-0.4, -0.2) is 29.2 Å². The van der Waals surface area contributed by atoms with Crippen LogP contribution in [0.3, 0.4) is 0 Å². The van der Waals surface area contributed by atoms with Crippen molar-refractivity contribution in [2.24, 2.45) is 0 Å². The molecule has 100 valence electrons. The lowest BCUT2D eigenvalue weighted by atomic mass is 10.1. The van der Waals surface area contributed by atoms with Crippen LogP contribution < -0.4 is 10.1 Å². The SMILES string of the molecule is Clc1ncc2cc(Br)cc(OC3CCNCC3)c2n1. The second-order valence-corrected chi connectivity index (χ2v) is 5.80. The molecule has 2 heterocycles. The minimum atomic E-state index is 0.229. The van der Waals surface area contributed by atoms with Crippen LogP contribution in [0.5, 0.6) is 5.75 Å². The van der Waals surface area contributed by atoms with Gasteiger partial charge in [0.05, 0.1) is 0 Å². The Morgan fingerprint density at radius 1 is 1.32 bits per heavy atom. The van der Waals surface area contributed by atoms with Crippen molar-refractivity contribution in [3.63, 3.8) is 0 Å². The molecule has 19 heavy (non-hydrogen) atoms. The molecule has 6 heteroatoms. The molecule has 0 amide bonds. The van der Waals surface area contributed by atoms with E-state index in [-0.39, 0.29) is 11.4 Å². The Balaban J connectivity index is 1.98. The zero-order chi connectivity index (χ0) is 13.2. The molecular formula is C13H13BrClN3O. The molecule has 0 bridgehead atoms. The van der Waals surface area contributed by atoms with E-state index in [9.17, 15) is 0 Å². The number of benzene rings is 1. The maximum absolute atomic E-state index is 6.09. The predicted molar refractivity (Wildman–Crippen MR) is 78.8 cm³/mol. The second-order valence-electron chi connectivity index (χ2n) is 4.55. The Bertz CT molecular complexity index is 602. The van der Waals surface area contributed by atoms with Crippen molar-refractivity contribution in [3.05, 3.63) is 28.1 Å². The summed E-state index contributed by atoms with van der Waals surface area (Å²) in [6, 6.07) is 3.90. The van der Waals surface area contributed by atoms with Crippen LogP contribution in [0.15, 0.2) is 22.8 Å². The number of nitrogens with one attached hydrogen (secondary N) is 1. The summed E-state index contributed by atoms with van der Waals surface area (Å²) in [7, 11) is 0. The van der Waals surface area contributed by atoms with Crippen molar-refractivity contribution in [3.8, 4) is 5.75 Å². The van der Waals surface area contributed by atoms with Gasteiger partial charge in [-0.25, -0.2) is 9.97 Å². The van der Waals surface area contributed by atoms with Gasteiger partial charge in [0.1, 0.15) is 17.4 Å². The molecule has 0 unspecified atom stereocenters. The van der Waals surface area contributed by atoms with Gasteiger partial charge in [-0.2, -0.15) is 0 Å². The zero-order valence-corrected chi connectivity index (χ0v) is 12.5. The summed E-state index contributed by atoms with van der Waals surface area (Å²) in [5.74, 6) is 0.764. The van der Waals surface area contributed by atoms with E-state index in [0.717, 1.165) is 47.1 Å². The van der Waals surface area contributed by atoms with Gasteiger partial charge in [-0.1, -0.05) is 15.9 Å². The van der Waals surface area contributed by atoms with E-state index in [1.54, 1.807) is 6.20 Å². The molecular weight excluding hydrogens is 330 g/mol. The fourth-order valence-electron chi connectivity index (χ4n) is 2.24. The van der Waals surface area contributed by atoms with E-state index in [0.29, 0.717) is 0 Å². The van der Waals surface area contributed by atoms with E-state index in [2.05, 4.69) is 31.2 Å². The van der Waals surface area contributed by atoms with Gasteiger partial charge in [0.25, 0.3) is 0 Å². The lowest BCUT2D eigenvalue weighted by Gasteiger charge is -2.24. The first kappa shape index (κ1) is 13.1. The highest BCUT2D eigenvalue weighted by molar-refractivity contribution is 9.10. The van der Waals surface area contributed by atoms with Crippen molar-refractivity contribution in [1.29, 1.82) is 0 Å². The minimum Gasteiger partial charge on any atom is -0.488 e. The molecule has 0 saturated carbocycles. The number of aromatic nitrogens is 2. The van der Waals surface area contributed by atoms with E-state index in [4.69, 9.17) is 16.3 Å². The first-order valence-electron chi connectivity index (χ1n) is 6.21. The maximum atomic E-state index is 6.09. The third kappa shape index (κ3) is 2.99. The number of fused-ring (bicyclic) bond motifs is 1. The molecule has 3 rings (SSSR count). The van der Waals surface area contributed by atoms with Crippen molar-refractivity contribution < 1.29 is 4.74 Å². The lowest BCUT2D eigenvalue weighted by molar-refractivity contribution is 0.164. The Labute approximate surface area is 124 Å². The van der Waals surface area contributed by atoms with Gasteiger partial charge in [-0.05, 0) is 49.7 Å². The summed E-state index contributed by atoms with van der Waals surface area (Å²) in [6.45, 7) is 1.98. The maximum Gasteiger partial charge on any atom is 0.223 e. The van der Waals surface area contributed by atoms with Crippen LogP contribution in [0.1, 0.15) is 12.8 Å². The van der Waals surface area contributed by atoms with Crippen molar-refractivity contribution in [2.75, 3.05) is 13.1 Å². The molecule has 0 aliphatic carbocycles. The number of halogens is 2. The molecule has 1 N–H and O–H groups in total. The Kier molecular flexibility index (Phi) is 3.86. The third-order valence-corrected chi connectivity index (χ3v) is 3.80. The van der Waals surface area contributed by atoms with E-state index in [1.807, 2.05) is 12.1 Å². The lowest BCUT2D eigenvalue weighted by Crippen LogP contribution is -2.34. The van der Waals surface area contributed by atoms with E-state index >= 15 is 0 Å². The number of rotatable bonds is 2. The Morgan fingerprint density at radius 2 is 2.11 bits per heavy atom. The number of hydrogen-bond donors (Lipinski definition) is 1. The summed E-state index contributed by atoms with van der Waals surface area (Å²) in [5, 5.41) is 4.48. The summed E-state index contributed by atoms with van der Waals surface area (Å²) >= 11 is 9.36. The monoisotopic (exact) mass is 341 g/mol. The molecule has 1 aromatic heterocycles. The average Bonchev–Trinajstić information content (AvgIpc) is 2.41. The highest BCUT2D eigenvalue weighted by atomic mass is 79.9. The van der Waals surface area contributed by atoms with Gasteiger partial charge in [0.2, 0.25) is 5.28 Å². The number of hydrogen-bond acceptors (Lipinski definition) is 4. The highest BCUT2D eigenvalue weighted by Crippen LogP contribution is 2.30. The normalized spacial score (nSPS) is 16.7. The number of ether oxygens (including phenoxy) is 1. The summed E-state index contributed by atoms with van der Waals surface area (Å²) in [5.41, 5.74) is 0.765. The molecule has 4 nitrogen and oxygen atoms in total. The summed E-state index contributed by atoms with van der Waals surface area (Å²) in [4.78, 5) is 8.28. The van der Waals surface area contributed by atoms with Gasteiger partial charge in [-0.3, -0.25) is 0 Å². The van der Waals surface area contributed by atoms with Crippen LogP contribution >= 0.6 is 27.5 Å². The first-order chi connectivity index (χ1) is 9.22. The van der Waals surface area contributed by atoms with Gasteiger partial charge in [0, 0.05) is 16.1 Å². The number of nitrogens with zero attached hydrogens (tertiary/aromatic N) is 2. The molecule has 1 aliphatic rings. The van der Waals surface area contributed by atoms with Crippen molar-refractivity contribution in [1.82, 2.24) is 15.3 Å². The van der Waals surface area contributed by atoms with Gasteiger partial charge < -0.3 is 10.1 Å². The van der Waals surface area contributed by atoms with Crippen LogP contribution in [0.2, 0.25) is 5.28 Å². The second kappa shape index (κ2) is 5.61. The van der Waals surface area contributed by atoms with Crippen LogP contribution in [0.25, 0.3) is 10.9 Å². The van der Waals surface area contributed by atoms with Crippen molar-refractivity contribution >= 4 is 38.4 Å². The smallest absolute Gasteiger partial charge is 0.223 e. The predicted octanol–water partition coefficient (Wildman–Crippen LogP) is 3.18. The molecule has 0 radical (unpaired) electrons. The first-order valence-corrected chi connectivity index (χ1v) is 7.38. The van der Waals surface area contributed by atoms with Crippen LogP contribution in [0.4, 0.5) is 0 Å². The molecule has 0 atom stereocenters. The third-order valence-electron chi connectivity index (χ3n) is 3.16. The van der Waals surface area contributed by atoms with Gasteiger partial charge in [0.15, 0.2) is 0 Å². The zero-order valence-electron chi connectivity index (χ0n) is 10.2. The molecule has 1 fully saturated rings. The largest absolute Gasteiger partial charge is 0.488 e. The fourth-order valence-corrected chi connectivity index (χ4v) is 2.83. The van der Waals surface area contributed by atoms with Gasteiger partial charge in [-0.15, -0.1) is 0 Å². The minimum absolute atomic E-state index is 0.229. The van der Waals surface area contributed by atoms with Crippen molar-refractivity contribution in [2.45, 2.75) is 18.9 Å². The van der Waals surface area contributed by atoms with Crippen LogP contribution in [0, 0.1) is 0 Å². The molecule has 2 aromatic rings. The number of piperidine rings is 1. The highest BCUT2D eigenvalue weighted by Gasteiger charge is 2.17. The fraction of sp³-hybridized carbons (Fsp3) is 0.385. The van der Waals surface area contributed by atoms with Crippen LogP contribution in [-0.2, 0) is 0 Å². The topological polar surface area (TPSA) is 47.0 Å². The Hall–Kier alpha value is -0.910. The van der Waals surface area contributed by atoms with E-state index in [1.165, 1.54) is 0 Å². The molecule has 1 saturated heterocycles. The molecule has 1 aliphatic heterocycles. The summed E-state index contributed by atoms with van der Waals surface area (Å²) < 4.78 is 7.04. The average molecular weight is 343 g/mol. The quantitative estimate of drug-likeness (QED) is 0.852. The summed E-state index contributed by atoms with van der Waals surface area (Å²) in [6.07, 6.45) is 3.96. The standard InChI is InChI=1S/C13H13BrClN3O/c14-9-5-8-7-17-13(15)18-12(8)11(6-9)19-10-1-3-16-4-2-10/h5-7,10,16H,1-4H2. The van der Waals surface area contributed by atoms with E-state index < -0.39 is 0 Å². The van der Waals surface area contributed by atoms with Gasteiger partial charge >= 0.3 is 0 Å². The molecule has 0 spiro atoms.